The van der Waals surface area contributed by atoms with E-state index in [-0.39, 0.29) is 57.2 Å². The largest absolute Gasteiger partial charge is 0.489 e. The number of hydrogen-bond acceptors (Lipinski definition) is 20. The van der Waals surface area contributed by atoms with Crippen molar-refractivity contribution in [3.8, 4) is 56.3 Å². The molecule has 31 heteroatoms. The molecule has 0 aliphatic carbocycles. The van der Waals surface area contributed by atoms with Crippen molar-refractivity contribution in [2.24, 2.45) is 5.73 Å². The van der Waals surface area contributed by atoms with E-state index in [1.54, 1.807) is 79.5 Å². The van der Waals surface area contributed by atoms with Gasteiger partial charge < -0.3 is 71.5 Å². The van der Waals surface area contributed by atoms with Crippen molar-refractivity contribution in [2.45, 2.75) is 58.5 Å². The molecule has 11 heterocycles. The monoisotopic (exact) mass is 1380 g/mol. The lowest BCUT2D eigenvalue weighted by molar-refractivity contribution is 0.0680. The van der Waals surface area contributed by atoms with Crippen LogP contribution in [0.25, 0.3) is 73.2 Å². The lowest BCUT2D eigenvalue weighted by atomic mass is 9.82. The van der Waals surface area contributed by atoms with Crippen molar-refractivity contribution in [1.29, 1.82) is 0 Å². The van der Waals surface area contributed by atoms with Gasteiger partial charge in [-0.25, -0.2) is 67.6 Å². The van der Waals surface area contributed by atoms with E-state index < -0.39 is 30.6 Å². The lowest BCUT2D eigenvalue weighted by Crippen LogP contribution is -2.38. The molecule has 0 unspecified atom stereocenters. The molecule has 2 saturated heterocycles. The van der Waals surface area contributed by atoms with Gasteiger partial charge in [-0.3, -0.25) is 4.79 Å². The molecule has 0 spiro atoms. The highest BCUT2D eigenvalue weighted by Gasteiger charge is 2.26. The molecule has 2 aliphatic heterocycles. The van der Waals surface area contributed by atoms with Gasteiger partial charge in [0.1, 0.15) is 40.1 Å². The Balaban J connectivity index is 0.000000145. The maximum atomic E-state index is 13.6. The molecule has 3 aromatic carbocycles. The number of nitrogen functional groups attached to an aromatic ring is 3. The van der Waals surface area contributed by atoms with Gasteiger partial charge in [-0.15, -0.1) is 0 Å². The average molecular weight is 1380 g/mol. The minimum Gasteiger partial charge on any atom is -0.476 e. The number of likely N-dealkylation sites (tertiary alicyclic amines) is 2. The first-order valence-corrected chi connectivity index (χ1v) is 31.7. The Morgan fingerprint density at radius 2 is 0.870 bits per heavy atom. The fraction of sp³-hybridized carbons (Fsp3) is 0.217. The minimum absolute atomic E-state index is 0.0280. The molecule has 26 nitrogen and oxygen atoms in total. The summed E-state index contributed by atoms with van der Waals surface area (Å²) in [7, 11) is 2.78. The zero-order chi connectivity index (χ0) is 71.6. The van der Waals surface area contributed by atoms with Crippen molar-refractivity contribution >= 4 is 76.4 Å². The van der Waals surface area contributed by atoms with E-state index in [0.717, 1.165) is 65.5 Å². The highest BCUT2D eigenvalue weighted by Crippen LogP contribution is 2.34. The number of fused-ring (bicyclic) bond motifs is 3. The van der Waals surface area contributed by atoms with Crippen molar-refractivity contribution in [1.82, 2.24) is 73.2 Å². The Bertz CT molecular complexity index is 4950. The van der Waals surface area contributed by atoms with E-state index in [2.05, 4.69) is 74.1 Å². The van der Waals surface area contributed by atoms with Crippen LogP contribution in [0.4, 0.5) is 30.6 Å². The number of nitrogens with one attached hydrogen (secondary N) is 1. The molecule has 2 aliphatic rings. The van der Waals surface area contributed by atoms with E-state index in [4.69, 9.17) is 49.7 Å². The normalized spacial score (nSPS) is 14.3. The number of aromatic nitrogens is 12. The Kier molecular flexibility index (Phi) is 22.5. The van der Waals surface area contributed by atoms with Crippen LogP contribution < -0.4 is 33.7 Å². The summed E-state index contributed by atoms with van der Waals surface area (Å²) in [5.74, 6) is -4.51. The summed E-state index contributed by atoms with van der Waals surface area (Å²) < 4.78 is 45.3. The van der Waals surface area contributed by atoms with Crippen molar-refractivity contribution in [3.63, 3.8) is 0 Å². The average Bonchev–Trinajstić information content (AvgIpc) is 1.19. The van der Waals surface area contributed by atoms with E-state index in [1.807, 2.05) is 52.3 Å². The lowest BCUT2D eigenvalue weighted by Gasteiger charge is -2.20. The Hall–Kier alpha value is -11.3. The molecular weight excluding hydrogens is 1310 g/mol. The second-order valence-electron chi connectivity index (χ2n) is 23.6. The number of nitrogens with zero attached hydrogens (tertiary/aromatic N) is 14. The SMILES string of the molecule is CN1CCC[C@@H]1CN.Cc1cnc2ccc(-c3nc(C(=O)NC[C@H]4CCCN4C)c(N)nc3-c3ccc(F)cc3)cn12.Cc1cnc2ccc(-c3nc(C(=O)O)c(N)nc3-c3ccc(F)cc3)cn12.Cc1cnc2ccc(B(O)O)cn12.Nc1nc(-c2ccc(F)cc2)c(Cl)nc1C(=O)O. The van der Waals surface area contributed by atoms with Crippen molar-refractivity contribution < 1.29 is 47.8 Å². The molecule has 514 valence electrons. The molecule has 9 aromatic heterocycles. The number of hydrogen-bond donors (Lipinski definition) is 9. The fourth-order valence-electron chi connectivity index (χ4n) is 11.2. The number of amides is 1. The van der Waals surface area contributed by atoms with Gasteiger partial charge in [0.25, 0.3) is 5.91 Å². The van der Waals surface area contributed by atoms with Gasteiger partial charge in [0.2, 0.25) is 0 Å². The van der Waals surface area contributed by atoms with Gasteiger partial charge in [-0.05, 0) is 182 Å². The molecule has 0 saturated carbocycles. The number of likely N-dealkylation sites (N-methyl/N-ethyl adjacent to an activating group) is 2. The van der Waals surface area contributed by atoms with E-state index >= 15 is 0 Å². The number of imidazole rings is 3. The number of nitrogens with two attached hydrogens (primary N) is 4. The maximum Gasteiger partial charge on any atom is 0.489 e. The molecule has 14 rings (SSSR count). The number of rotatable bonds is 12. The van der Waals surface area contributed by atoms with Crippen molar-refractivity contribution in [3.05, 3.63) is 203 Å². The van der Waals surface area contributed by atoms with Crippen LogP contribution in [-0.2, 0) is 0 Å². The number of halogens is 4. The minimum atomic E-state index is -1.42. The first-order chi connectivity index (χ1) is 47.8. The molecule has 100 heavy (non-hydrogen) atoms. The van der Waals surface area contributed by atoms with Crippen LogP contribution in [0.3, 0.4) is 0 Å². The van der Waals surface area contributed by atoms with E-state index in [1.165, 1.54) is 67.9 Å². The predicted octanol–water partition coefficient (Wildman–Crippen LogP) is 8.08. The van der Waals surface area contributed by atoms with Crippen molar-refractivity contribution in [2.75, 3.05) is 57.5 Å². The third kappa shape index (κ3) is 16.6. The highest BCUT2D eigenvalue weighted by atomic mass is 35.5. The quantitative estimate of drug-likeness (QED) is 0.0522. The van der Waals surface area contributed by atoms with Gasteiger partial charge in [0, 0.05) is 107 Å². The number of pyridine rings is 3. The zero-order valence-corrected chi connectivity index (χ0v) is 55.6. The van der Waals surface area contributed by atoms with Gasteiger partial charge in [-0.2, -0.15) is 0 Å². The van der Waals surface area contributed by atoms with Gasteiger partial charge in [-0.1, -0.05) is 17.7 Å². The van der Waals surface area contributed by atoms with Gasteiger partial charge >= 0.3 is 19.1 Å². The fourth-order valence-corrected chi connectivity index (χ4v) is 11.4. The molecule has 1 amide bonds. The number of aromatic carboxylic acids is 2. The summed E-state index contributed by atoms with van der Waals surface area (Å²) in [5.41, 5.74) is 32.9. The number of aryl methyl sites for hydroxylation is 3. The summed E-state index contributed by atoms with van der Waals surface area (Å²) in [6.07, 6.45) is 15.4. The van der Waals surface area contributed by atoms with Crippen LogP contribution >= 0.6 is 11.6 Å². The molecule has 12 aromatic rings. The molecule has 2 fully saturated rings. The highest BCUT2D eigenvalue weighted by molar-refractivity contribution is 6.58. The van der Waals surface area contributed by atoms with Crippen LogP contribution in [-0.4, -0.2) is 165 Å². The molecule has 0 bridgehead atoms. The van der Waals surface area contributed by atoms with Crippen LogP contribution in [0, 0.1) is 38.2 Å². The molecule has 2 atom stereocenters. The van der Waals surface area contributed by atoms with Crippen LogP contribution in [0.2, 0.25) is 5.15 Å². The van der Waals surface area contributed by atoms with Crippen LogP contribution in [0.1, 0.15) is 74.2 Å². The van der Waals surface area contributed by atoms with Gasteiger partial charge in [0.05, 0.1) is 22.8 Å². The van der Waals surface area contributed by atoms with Crippen LogP contribution in [0.15, 0.2) is 146 Å². The third-order valence-electron chi connectivity index (χ3n) is 16.8. The number of carbonyl (C=O) groups is 3. The summed E-state index contributed by atoms with van der Waals surface area (Å²) in [6.45, 7) is 9.38. The van der Waals surface area contributed by atoms with Gasteiger partial charge in [0.15, 0.2) is 39.7 Å². The number of benzene rings is 3. The number of anilines is 3. The Morgan fingerprint density at radius 1 is 0.510 bits per heavy atom. The molecule has 0 radical (unpaired) electrons. The maximum absolute atomic E-state index is 13.6. The third-order valence-corrected chi connectivity index (χ3v) is 17.0. The second kappa shape index (κ2) is 31.5. The summed E-state index contributed by atoms with van der Waals surface area (Å²) in [4.78, 5) is 77.9. The molecular formula is C69H70BClF3N19O7. The topological polar surface area (TPSA) is 384 Å². The van der Waals surface area contributed by atoms with E-state index in [9.17, 15) is 32.7 Å². The molecule has 13 N–H and O–H groups in total. The summed E-state index contributed by atoms with van der Waals surface area (Å²) in [5, 5.41) is 38.9. The predicted molar refractivity (Wildman–Crippen MR) is 375 cm³/mol. The van der Waals surface area contributed by atoms with Crippen LogP contribution in [0.5, 0.6) is 0 Å². The zero-order valence-electron chi connectivity index (χ0n) is 54.8. The number of carbonyl (C=O) groups excluding carboxylic acids is 1. The first-order valence-electron chi connectivity index (χ1n) is 31.3. The Morgan fingerprint density at radius 3 is 1.27 bits per heavy atom. The van der Waals surface area contributed by atoms with E-state index in [0.29, 0.717) is 69.1 Å². The summed E-state index contributed by atoms with van der Waals surface area (Å²) in [6, 6.07) is 28.7. The second-order valence-corrected chi connectivity index (χ2v) is 23.9. The number of carboxylic acid groups (broad SMARTS) is 2. The summed E-state index contributed by atoms with van der Waals surface area (Å²) >= 11 is 5.83. The smallest absolute Gasteiger partial charge is 0.476 e. The number of carboxylic acids is 2. The first kappa shape index (κ1) is 71.5. The Labute approximate surface area is 576 Å². The standard InChI is InChI=1S/C25H26FN7O.C19H14FN5O2.C11H7ClFN3O2.C8H9BN2O2.C6H14N2/c1-15-12-28-20-10-7-17(14-33(15)20)22-21(16-5-8-18(26)9-6-16)31-24(27)23(30-22)25(34)29-13-19-4-3-11-32(19)2;1-10-8-22-14-7-4-12(9-25(10)14)16-15(11-2-5-13(20)6-3-11)24-18(21)17(23-16)19(26)27;12-9-7(5-1-3-6(13)4-2-5)16-10(14)8(15-9)11(17)18;1-6-4-10-8-3-2-7(9(12)13)5-11(6)8;1-8-4-2-3-6(8)5-7/h5-10,12,14,19H,3-4,11,13H2,1-2H3,(H2,27,31)(H,29,34);2-9H,1H3,(H2,21,24)(H,26,27);1-4H,(H2,14,16)(H,17,18);2-5,12-13H,1H3;6H,2-5,7H2,1H3/t19-;;;;6-/m1...1/s1.